The van der Waals surface area contributed by atoms with E-state index in [0.717, 1.165) is 43.6 Å². The van der Waals surface area contributed by atoms with Gasteiger partial charge in [0.25, 0.3) is 5.56 Å². The van der Waals surface area contributed by atoms with Crippen LogP contribution in [0.25, 0.3) is 11.0 Å². The number of aryl methyl sites for hydroxylation is 1. The smallest absolute Gasteiger partial charge is 0.265 e. The Kier molecular flexibility index (Phi) is 6.25. The van der Waals surface area contributed by atoms with Crippen molar-refractivity contribution in [1.82, 2.24) is 19.5 Å². The third-order valence-electron chi connectivity index (χ3n) is 5.79. The van der Waals surface area contributed by atoms with Gasteiger partial charge in [0.15, 0.2) is 5.65 Å². The molecule has 162 valence electrons. The van der Waals surface area contributed by atoms with Crippen LogP contribution < -0.4 is 15.8 Å². The zero-order chi connectivity index (χ0) is 21.8. The maximum atomic E-state index is 13.1. The van der Waals surface area contributed by atoms with Gasteiger partial charge in [-0.15, -0.1) is 0 Å². The van der Waals surface area contributed by atoms with Gasteiger partial charge in [0, 0.05) is 25.0 Å². The molecule has 1 atom stereocenters. The Balaban J connectivity index is 1.61. The molecule has 1 fully saturated rings. The van der Waals surface area contributed by atoms with E-state index in [1.165, 1.54) is 23.5 Å². The first-order valence-corrected chi connectivity index (χ1v) is 11.0. The predicted molar refractivity (Wildman–Crippen MR) is 121 cm³/mol. The monoisotopic (exact) mass is 420 g/mol. The highest BCUT2D eigenvalue weighted by Gasteiger charge is 2.22. The van der Waals surface area contributed by atoms with Gasteiger partial charge in [0.2, 0.25) is 11.9 Å². The summed E-state index contributed by atoms with van der Waals surface area (Å²) in [7, 11) is 0. The number of fused-ring (bicyclic) bond motifs is 1. The summed E-state index contributed by atoms with van der Waals surface area (Å²) in [5.74, 6) is 0.363. The normalized spacial score (nSPS) is 15.1. The molecule has 0 bridgehead atoms. The fourth-order valence-electron chi connectivity index (χ4n) is 3.99. The lowest BCUT2D eigenvalue weighted by molar-refractivity contribution is -0.119. The molecule has 4 rings (SSSR count). The number of piperidine rings is 1. The van der Waals surface area contributed by atoms with Crippen LogP contribution in [0, 0.1) is 0 Å². The molecule has 1 aliphatic heterocycles. The molecule has 3 heterocycles. The van der Waals surface area contributed by atoms with Gasteiger partial charge in [-0.2, -0.15) is 4.98 Å². The zero-order valence-electron chi connectivity index (χ0n) is 18.0. The van der Waals surface area contributed by atoms with E-state index in [1.807, 2.05) is 31.2 Å². The van der Waals surface area contributed by atoms with E-state index in [0.29, 0.717) is 23.4 Å². The minimum absolute atomic E-state index is 0.246. The second-order valence-corrected chi connectivity index (χ2v) is 7.88. The first-order chi connectivity index (χ1) is 15.1. The van der Waals surface area contributed by atoms with Crippen molar-refractivity contribution in [3.05, 3.63) is 52.7 Å². The quantitative estimate of drug-likeness (QED) is 0.658. The second kappa shape index (κ2) is 9.24. The number of hydrogen-bond donors (Lipinski definition) is 1. The largest absolute Gasteiger partial charge is 0.341 e. The van der Waals surface area contributed by atoms with Crippen molar-refractivity contribution in [1.29, 1.82) is 0 Å². The molecule has 8 nitrogen and oxygen atoms in total. The third-order valence-corrected chi connectivity index (χ3v) is 5.79. The molecule has 1 aromatic carbocycles. The van der Waals surface area contributed by atoms with E-state index in [4.69, 9.17) is 0 Å². The van der Waals surface area contributed by atoms with Crippen molar-refractivity contribution in [2.45, 2.75) is 52.0 Å². The standard InChI is InChI=1S/C23H28N6O2/c1-3-16-9-8-10-17(13-16)26-21(30)19(4-2)29-15-25-20-18(22(29)31)14-24-23(27-20)28-11-6-5-7-12-28/h8-10,13-15,19H,3-7,11-12H2,1-2H3,(H,26,30)/t19-/m0/s1. The van der Waals surface area contributed by atoms with Crippen molar-refractivity contribution >= 4 is 28.6 Å². The van der Waals surface area contributed by atoms with Crippen LogP contribution in [0.5, 0.6) is 0 Å². The van der Waals surface area contributed by atoms with E-state index in [2.05, 4.69) is 32.1 Å². The maximum Gasteiger partial charge on any atom is 0.265 e. The Hall–Kier alpha value is -3.29. The zero-order valence-corrected chi connectivity index (χ0v) is 18.0. The number of carbonyl (C=O) groups is 1. The number of aromatic nitrogens is 4. The van der Waals surface area contributed by atoms with Crippen LogP contribution in [-0.4, -0.2) is 38.5 Å². The molecule has 0 aliphatic carbocycles. The molecular formula is C23H28N6O2. The number of anilines is 2. The topological polar surface area (TPSA) is 93.0 Å². The number of amides is 1. The first-order valence-electron chi connectivity index (χ1n) is 11.0. The van der Waals surface area contributed by atoms with Crippen LogP contribution in [0.15, 0.2) is 41.6 Å². The number of nitrogens with one attached hydrogen (secondary N) is 1. The van der Waals surface area contributed by atoms with Crippen molar-refractivity contribution in [3.63, 3.8) is 0 Å². The van der Waals surface area contributed by atoms with Gasteiger partial charge in [0.05, 0.1) is 0 Å². The van der Waals surface area contributed by atoms with Crippen molar-refractivity contribution < 1.29 is 4.79 Å². The molecule has 2 aromatic heterocycles. The summed E-state index contributed by atoms with van der Waals surface area (Å²) in [6.45, 7) is 5.77. The lowest BCUT2D eigenvalue weighted by atomic mass is 10.1. The minimum atomic E-state index is -0.670. The van der Waals surface area contributed by atoms with Crippen LogP contribution in [0.2, 0.25) is 0 Å². The van der Waals surface area contributed by atoms with Gasteiger partial charge in [0.1, 0.15) is 17.8 Å². The summed E-state index contributed by atoms with van der Waals surface area (Å²) in [5, 5.41) is 3.25. The van der Waals surface area contributed by atoms with E-state index < -0.39 is 6.04 Å². The van der Waals surface area contributed by atoms with E-state index in [1.54, 1.807) is 0 Å². The number of benzene rings is 1. The van der Waals surface area contributed by atoms with Gasteiger partial charge >= 0.3 is 0 Å². The summed E-state index contributed by atoms with van der Waals surface area (Å²) in [6, 6.07) is 7.05. The Morgan fingerprint density at radius 3 is 2.71 bits per heavy atom. The minimum Gasteiger partial charge on any atom is -0.341 e. The molecule has 1 amide bonds. The van der Waals surface area contributed by atoms with Crippen molar-refractivity contribution in [2.75, 3.05) is 23.3 Å². The lowest BCUT2D eigenvalue weighted by Gasteiger charge is -2.26. The molecule has 0 unspecified atom stereocenters. The molecule has 0 spiro atoms. The lowest BCUT2D eigenvalue weighted by Crippen LogP contribution is -2.34. The molecule has 3 aromatic rings. The second-order valence-electron chi connectivity index (χ2n) is 7.88. The average molecular weight is 421 g/mol. The van der Waals surface area contributed by atoms with E-state index in [-0.39, 0.29) is 11.5 Å². The van der Waals surface area contributed by atoms with Crippen LogP contribution in [-0.2, 0) is 11.2 Å². The maximum absolute atomic E-state index is 13.1. The third kappa shape index (κ3) is 4.42. The number of nitrogens with zero attached hydrogens (tertiary/aromatic N) is 5. The predicted octanol–water partition coefficient (Wildman–Crippen LogP) is 3.33. The Bertz CT molecular complexity index is 1140. The van der Waals surface area contributed by atoms with Crippen molar-refractivity contribution in [3.8, 4) is 0 Å². The molecule has 1 N–H and O–H groups in total. The summed E-state index contributed by atoms with van der Waals surface area (Å²) < 4.78 is 1.38. The highest BCUT2D eigenvalue weighted by Crippen LogP contribution is 2.19. The summed E-state index contributed by atoms with van der Waals surface area (Å²) in [4.78, 5) is 41.5. The van der Waals surface area contributed by atoms with E-state index >= 15 is 0 Å². The molecule has 1 aliphatic rings. The average Bonchev–Trinajstić information content (AvgIpc) is 2.81. The summed E-state index contributed by atoms with van der Waals surface area (Å²) >= 11 is 0. The molecule has 8 heteroatoms. The van der Waals surface area contributed by atoms with Crippen LogP contribution in [0.3, 0.4) is 0 Å². The molecular weight excluding hydrogens is 392 g/mol. The van der Waals surface area contributed by atoms with Crippen LogP contribution >= 0.6 is 0 Å². The molecule has 31 heavy (non-hydrogen) atoms. The van der Waals surface area contributed by atoms with E-state index in [9.17, 15) is 9.59 Å². The van der Waals surface area contributed by atoms with Gasteiger partial charge < -0.3 is 10.2 Å². The number of carbonyl (C=O) groups excluding carboxylic acids is 1. The van der Waals surface area contributed by atoms with Gasteiger partial charge in [-0.3, -0.25) is 14.2 Å². The van der Waals surface area contributed by atoms with Crippen molar-refractivity contribution in [2.24, 2.45) is 0 Å². The molecule has 1 saturated heterocycles. The number of rotatable bonds is 6. The summed E-state index contributed by atoms with van der Waals surface area (Å²) in [6.07, 6.45) is 7.75. The van der Waals surface area contributed by atoms with Gasteiger partial charge in [-0.25, -0.2) is 9.97 Å². The highest BCUT2D eigenvalue weighted by atomic mass is 16.2. The van der Waals surface area contributed by atoms with Gasteiger partial charge in [-0.1, -0.05) is 26.0 Å². The fraction of sp³-hybridized carbons (Fsp3) is 0.435. The Labute approximate surface area is 181 Å². The fourth-order valence-corrected chi connectivity index (χ4v) is 3.99. The SMILES string of the molecule is CCc1cccc(NC(=O)[C@H](CC)n2cnc3nc(N4CCCCC4)ncc3c2=O)c1. The summed E-state index contributed by atoms with van der Waals surface area (Å²) in [5.41, 5.74) is 1.92. The number of hydrogen-bond acceptors (Lipinski definition) is 6. The highest BCUT2D eigenvalue weighted by molar-refractivity contribution is 5.94. The van der Waals surface area contributed by atoms with Crippen LogP contribution in [0.4, 0.5) is 11.6 Å². The Morgan fingerprint density at radius 2 is 1.97 bits per heavy atom. The van der Waals surface area contributed by atoms with Gasteiger partial charge in [-0.05, 0) is 49.8 Å². The first kappa shape index (κ1) is 21.0. The molecule has 0 radical (unpaired) electrons. The van der Waals surface area contributed by atoms with Crippen LogP contribution in [0.1, 0.15) is 51.1 Å². The Morgan fingerprint density at radius 1 is 1.16 bits per heavy atom. The molecule has 0 saturated carbocycles.